The molecule has 5 nitrogen and oxygen atoms in total. The van der Waals surface area contributed by atoms with Gasteiger partial charge in [-0.2, -0.15) is 0 Å². The first kappa shape index (κ1) is 25.1. The fourth-order valence-electron chi connectivity index (χ4n) is 4.05. The third-order valence-electron chi connectivity index (χ3n) is 5.92. The van der Waals surface area contributed by atoms with Crippen LogP contribution in [0.15, 0.2) is 60.7 Å². The summed E-state index contributed by atoms with van der Waals surface area (Å²) in [5, 5.41) is 0. The summed E-state index contributed by atoms with van der Waals surface area (Å²) in [6.07, 6.45) is 7.56. The fraction of sp³-hybridized carbons (Fsp3) is 0.462. The van der Waals surface area contributed by atoms with Crippen molar-refractivity contribution in [3.8, 4) is 0 Å². The summed E-state index contributed by atoms with van der Waals surface area (Å²) in [6, 6.07) is 17.9. The molecule has 0 N–H and O–H groups in total. The summed E-state index contributed by atoms with van der Waals surface area (Å²) in [6.45, 7) is 5.38. The van der Waals surface area contributed by atoms with Crippen LogP contribution in [0, 0.1) is 0 Å². The van der Waals surface area contributed by atoms with E-state index >= 15 is 0 Å². The summed E-state index contributed by atoms with van der Waals surface area (Å²) >= 11 is -4.81. The summed E-state index contributed by atoms with van der Waals surface area (Å²) in [7, 11) is 0. The molecule has 172 valence electrons. The first-order valence-electron chi connectivity index (χ1n) is 11.9. The molecular formula is C26H35NO4Sn. The molecule has 0 spiro atoms. The SMILES string of the molecule is CCCCCCCCN1CC[O][Sn]([C](=O)c2ccccc2)([C](=O)c2ccccc2)[O]CC1. The summed E-state index contributed by atoms with van der Waals surface area (Å²) < 4.78 is 12.0. The first-order valence-corrected chi connectivity index (χ1v) is 17.1. The maximum absolute atomic E-state index is 13.6. The van der Waals surface area contributed by atoms with Crippen LogP contribution >= 0.6 is 0 Å². The molecule has 1 heterocycles. The van der Waals surface area contributed by atoms with Gasteiger partial charge in [-0.05, 0) is 0 Å². The van der Waals surface area contributed by atoms with Crippen LogP contribution in [0.4, 0.5) is 0 Å². The van der Waals surface area contributed by atoms with E-state index in [1.807, 2.05) is 36.4 Å². The molecule has 0 aromatic heterocycles. The minimum absolute atomic E-state index is 0.238. The number of rotatable bonds is 11. The van der Waals surface area contributed by atoms with Crippen LogP contribution in [-0.2, 0) is 6.15 Å². The van der Waals surface area contributed by atoms with Crippen molar-refractivity contribution in [2.24, 2.45) is 0 Å². The Morgan fingerprint density at radius 3 is 1.72 bits per heavy atom. The molecule has 1 aliphatic rings. The Morgan fingerprint density at radius 2 is 1.22 bits per heavy atom. The maximum atomic E-state index is 13.6. The van der Waals surface area contributed by atoms with Gasteiger partial charge >= 0.3 is 198 Å². The van der Waals surface area contributed by atoms with E-state index in [0.29, 0.717) is 24.3 Å². The zero-order chi connectivity index (χ0) is 22.7. The Balaban J connectivity index is 1.69. The Kier molecular flexibility index (Phi) is 10.4. The molecule has 0 bridgehead atoms. The van der Waals surface area contributed by atoms with Gasteiger partial charge in [0.05, 0.1) is 0 Å². The van der Waals surface area contributed by atoms with Crippen molar-refractivity contribution in [2.45, 2.75) is 45.4 Å². The Hall–Kier alpha value is -1.54. The zero-order valence-electron chi connectivity index (χ0n) is 19.1. The van der Waals surface area contributed by atoms with Crippen LogP contribution in [0.25, 0.3) is 0 Å². The molecule has 32 heavy (non-hydrogen) atoms. The molecule has 0 unspecified atom stereocenters. The zero-order valence-corrected chi connectivity index (χ0v) is 22.0. The average Bonchev–Trinajstić information content (AvgIpc) is 2.83. The van der Waals surface area contributed by atoms with E-state index in [1.165, 1.54) is 32.1 Å². The van der Waals surface area contributed by atoms with Gasteiger partial charge in [0.15, 0.2) is 0 Å². The van der Waals surface area contributed by atoms with E-state index < -0.39 is 19.2 Å². The number of carbonyl (C=O) groups excluding carboxylic acids is 2. The van der Waals surface area contributed by atoms with Gasteiger partial charge in [0.2, 0.25) is 0 Å². The second-order valence-corrected chi connectivity index (χ2v) is 16.1. The van der Waals surface area contributed by atoms with Crippen LogP contribution in [-0.4, -0.2) is 64.6 Å². The quantitative estimate of drug-likeness (QED) is 0.295. The third-order valence-corrected chi connectivity index (χ3v) is 14.5. The van der Waals surface area contributed by atoms with Gasteiger partial charge in [-0.25, -0.2) is 0 Å². The molecule has 2 aromatic rings. The van der Waals surface area contributed by atoms with Gasteiger partial charge in [-0.3, -0.25) is 0 Å². The number of nitrogens with zero attached hydrogens (tertiary/aromatic N) is 1. The molecule has 0 radical (unpaired) electrons. The average molecular weight is 544 g/mol. The number of hydrogen-bond donors (Lipinski definition) is 0. The molecule has 1 fully saturated rings. The van der Waals surface area contributed by atoms with Crippen LogP contribution in [0.3, 0.4) is 0 Å². The number of unbranched alkanes of at least 4 members (excludes halogenated alkanes) is 5. The van der Waals surface area contributed by atoms with Crippen molar-refractivity contribution in [2.75, 3.05) is 32.8 Å². The molecule has 0 saturated carbocycles. The van der Waals surface area contributed by atoms with Crippen LogP contribution in [0.2, 0.25) is 0 Å². The number of hydrogen-bond acceptors (Lipinski definition) is 5. The molecule has 1 saturated heterocycles. The van der Waals surface area contributed by atoms with Crippen molar-refractivity contribution in [3.05, 3.63) is 71.8 Å². The molecule has 0 aliphatic carbocycles. The first-order chi connectivity index (χ1) is 15.7. The van der Waals surface area contributed by atoms with Crippen molar-refractivity contribution in [3.63, 3.8) is 0 Å². The van der Waals surface area contributed by atoms with Gasteiger partial charge in [0.25, 0.3) is 0 Å². The molecule has 2 aromatic carbocycles. The van der Waals surface area contributed by atoms with Gasteiger partial charge in [-0.1, -0.05) is 0 Å². The Labute approximate surface area is 197 Å². The summed E-state index contributed by atoms with van der Waals surface area (Å²) in [5.74, 6) is 0. The summed E-state index contributed by atoms with van der Waals surface area (Å²) in [4.78, 5) is 29.5. The topological polar surface area (TPSA) is 55.8 Å². The second-order valence-electron chi connectivity index (χ2n) is 8.31. The van der Waals surface area contributed by atoms with E-state index in [9.17, 15) is 9.59 Å². The van der Waals surface area contributed by atoms with Crippen LogP contribution in [0.5, 0.6) is 0 Å². The van der Waals surface area contributed by atoms with Crippen molar-refractivity contribution < 1.29 is 15.7 Å². The second kappa shape index (κ2) is 13.2. The van der Waals surface area contributed by atoms with E-state index in [2.05, 4.69) is 11.8 Å². The van der Waals surface area contributed by atoms with Crippen molar-refractivity contribution in [1.29, 1.82) is 0 Å². The van der Waals surface area contributed by atoms with Gasteiger partial charge in [0.1, 0.15) is 0 Å². The minimum atomic E-state index is -4.81. The number of benzene rings is 2. The standard InChI is InChI=1S/C12H25NO2.2C7H5O.Sn/c1-2-3-4-5-6-7-8-13(9-11-14)10-12-15;2*8-6-7-4-2-1-3-5-7;/h2-12H2,1H3;2*1-5H;/q-2;;;+2. The molecule has 0 amide bonds. The molecule has 1 aliphatic heterocycles. The molecule has 6 heteroatoms. The van der Waals surface area contributed by atoms with Crippen molar-refractivity contribution >= 4 is 26.8 Å². The van der Waals surface area contributed by atoms with Gasteiger partial charge < -0.3 is 0 Å². The predicted octanol–water partition coefficient (Wildman–Crippen LogP) is 4.98. The number of carbonyl (C=O) groups is 2. The van der Waals surface area contributed by atoms with Crippen molar-refractivity contribution in [1.82, 2.24) is 4.90 Å². The molecule has 3 rings (SSSR count). The normalized spacial score (nSPS) is 16.8. The molecule has 0 atom stereocenters. The van der Waals surface area contributed by atoms with Crippen LogP contribution < -0.4 is 0 Å². The fourth-order valence-corrected chi connectivity index (χ4v) is 11.7. The predicted molar refractivity (Wildman–Crippen MR) is 129 cm³/mol. The third kappa shape index (κ3) is 6.73. The Bertz CT molecular complexity index is 780. The van der Waals surface area contributed by atoms with Crippen LogP contribution in [0.1, 0.15) is 66.2 Å². The van der Waals surface area contributed by atoms with Gasteiger partial charge in [-0.15, -0.1) is 0 Å². The van der Waals surface area contributed by atoms with E-state index in [0.717, 1.165) is 26.1 Å². The van der Waals surface area contributed by atoms with E-state index in [4.69, 9.17) is 6.15 Å². The van der Waals surface area contributed by atoms with Gasteiger partial charge in [0, 0.05) is 0 Å². The monoisotopic (exact) mass is 545 g/mol. The van der Waals surface area contributed by atoms with E-state index in [-0.39, 0.29) is 7.60 Å². The van der Waals surface area contributed by atoms with E-state index in [1.54, 1.807) is 24.3 Å². The summed E-state index contributed by atoms with van der Waals surface area (Å²) in [5.41, 5.74) is 0.995. The molecular weight excluding hydrogens is 509 g/mol. The Morgan fingerprint density at radius 1 is 0.750 bits per heavy atom.